The Kier molecular flexibility index (Phi) is 13.9. The number of rotatable bonds is 11. The molecular weight excluding hydrogens is 319 g/mol. The van der Waals surface area contributed by atoms with Crippen molar-refractivity contribution in [3.8, 4) is 0 Å². The lowest BCUT2D eigenvalue weighted by Gasteiger charge is -2.17. The van der Waals surface area contributed by atoms with Crippen LogP contribution in [-0.4, -0.2) is 30.9 Å². The molecule has 8 heteroatoms. The van der Waals surface area contributed by atoms with Crippen molar-refractivity contribution in [2.45, 2.75) is 69.7 Å². The lowest BCUT2D eigenvalue weighted by atomic mass is 10.1. The molecule has 0 aliphatic carbocycles. The molecule has 0 heterocycles. The first-order chi connectivity index (χ1) is 10.1. The Balaban J connectivity index is 0. The van der Waals surface area contributed by atoms with Gasteiger partial charge >= 0.3 is 15.4 Å². The van der Waals surface area contributed by atoms with Crippen molar-refractivity contribution in [2.24, 2.45) is 5.73 Å². The average Bonchev–Trinajstić information content (AvgIpc) is 2.45. The van der Waals surface area contributed by atoms with Crippen LogP contribution in [0.2, 0.25) is 0 Å². The van der Waals surface area contributed by atoms with Crippen LogP contribution in [0, 0.1) is 0 Å². The van der Waals surface area contributed by atoms with E-state index in [1.165, 1.54) is 0 Å². The second-order valence-electron chi connectivity index (χ2n) is 4.94. The summed E-state index contributed by atoms with van der Waals surface area (Å²) in [7, 11) is -5.66. The summed E-state index contributed by atoms with van der Waals surface area (Å²) < 4.78 is 67.3. The summed E-state index contributed by atoms with van der Waals surface area (Å²) >= 11 is 0. The van der Waals surface area contributed by atoms with Gasteiger partial charge in [0, 0.05) is 6.54 Å². The molecule has 0 bridgehead atoms. The molecule has 0 spiro atoms. The summed E-state index contributed by atoms with van der Waals surface area (Å²) in [6.07, 6.45) is 4.12. The molecule has 4 nitrogen and oxygen atoms in total. The summed E-state index contributed by atoms with van der Waals surface area (Å²) in [6.45, 7) is 6.01. The fourth-order valence-electron chi connectivity index (χ4n) is 1.61. The van der Waals surface area contributed by atoms with Gasteiger partial charge in [-0.05, 0) is 6.42 Å². The third kappa shape index (κ3) is 11.0. The van der Waals surface area contributed by atoms with Crippen molar-refractivity contribution in [1.29, 1.82) is 0 Å². The minimum absolute atomic E-state index is 0.193. The van der Waals surface area contributed by atoms with Crippen molar-refractivity contribution in [1.82, 2.24) is 0 Å². The second kappa shape index (κ2) is 12.9. The second-order valence-corrected chi connectivity index (χ2v) is 6.43. The van der Waals surface area contributed by atoms with Crippen LogP contribution >= 0.6 is 0 Å². The van der Waals surface area contributed by atoms with Gasteiger partial charge in [0.25, 0.3) is 0 Å². The first-order valence-electron chi connectivity index (χ1n) is 7.44. The van der Waals surface area contributed by atoms with E-state index in [-0.39, 0.29) is 6.42 Å². The first kappa shape index (κ1) is 23.7. The number of alkyl halides is 3. The van der Waals surface area contributed by atoms with Crippen molar-refractivity contribution >= 4 is 10.1 Å². The number of hydrogen-bond donors (Lipinski definition) is 2. The number of halogens is 3. The summed E-state index contributed by atoms with van der Waals surface area (Å²) in [5, 5.41) is -4.70. The van der Waals surface area contributed by atoms with E-state index < -0.39 is 28.0 Å². The van der Waals surface area contributed by atoms with Crippen LogP contribution in [0.4, 0.5) is 13.2 Å². The van der Waals surface area contributed by atoms with Gasteiger partial charge in [0.1, 0.15) is 0 Å². The Bertz CT molecular complexity index is 376. The maximum atomic E-state index is 13.0. The van der Waals surface area contributed by atoms with Crippen molar-refractivity contribution in [3.63, 3.8) is 0 Å². The topological polar surface area (TPSA) is 80.4 Å². The molecule has 0 fully saturated rings. The van der Waals surface area contributed by atoms with E-state index in [2.05, 4.69) is 13.5 Å². The predicted molar refractivity (Wildman–Crippen MR) is 83.3 cm³/mol. The van der Waals surface area contributed by atoms with Gasteiger partial charge in [0.15, 0.2) is 6.17 Å². The number of unbranched alkanes of at least 4 members (excludes halogenated alkanes) is 6. The van der Waals surface area contributed by atoms with E-state index in [0.717, 1.165) is 32.1 Å². The lowest BCUT2D eigenvalue weighted by Crippen LogP contribution is -2.38. The highest BCUT2D eigenvalue weighted by atomic mass is 32.2. The maximum absolute atomic E-state index is 13.0. The fraction of sp³-hybridized carbons (Fsp3) is 0.857. The molecular formula is C14H28F3NO3S. The van der Waals surface area contributed by atoms with E-state index in [1.807, 2.05) is 0 Å². The molecule has 1 unspecified atom stereocenters. The van der Waals surface area contributed by atoms with E-state index >= 15 is 0 Å². The molecule has 0 rings (SSSR count). The number of hydrogen-bond acceptors (Lipinski definition) is 3. The molecule has 0 saturated carbocycles. The Labute approximate surface area is 131 Å². The minimum Gasteiger partial charge on any atom is -0.327 e. The molecule has 0 aliphatic rings. The maximum Gasteiger partial charge on any atom is 0.400 e. The summed E-state index contributed by atoms with van der Waals surface area (Å²) in [6, 6.07) is 0. The summed E-state index contributed by atoms with van der Waals surface area (Å²) in [4.78, 5) is 0. The molecule has 22 heavy (non-hydrogen) atoms. The largest absolute Gasteiger partial charge is 0.400 e. The molecule has 1 atom stereocenters. The fourth-order valence-corrected chi connectivity index (χ4v) is 2.05. The quantitative estimate of drug-likeness (QED) is 0.335. The smallest absolute Gasteiger partial charge is 0.327 e. The Morgan fingerprint density at radius 1 is 1.18 bits per heavy atom. The molecule has 3 N–H and O–H groups in total. The Morgan fingerprint density at radius 2 is 1.59 bits per heavy atom. The van der Waals surface area contributed by atoms with E-state index in [1.54, 1.807) is 6.08 Å². The minimum atomic E-state index is -5.66. The van der Waals surface area contributed by atoms with Crippen molar-refractivity contribution < 1.29 is 26.1 Å². The highest BCUT2D eigenvalue weighted by Gasteiger charge is 2.52. The summed E-state index contributed by atoms with van der Waals surface area (Å²) in [5.74, 6) is 0. The normalized spacial score (nSPS) is 13.2. The van der Waals surface area contributed by atoms with E-state index in [9.17, 15) is 21.6 Å². The van der Waals surface area contributed by atoms with Crippen LogP contribution in [0.15, 0.2) is 12.7 Å². The molecule has 134 valence electrons. The third-order valence-corrected chi connectivity index (χ3v) is 3.88. The molecule has 0 aromatic heterocycles. The van der Waals surface area contributed by atoms with Gasteiger partial charge in [-0.2, -0.15) is 17.2 Å². The monoisotopic (exact) mass is 347 g/mol. The zero-order valence-electron chi connectivity index (χ0n) is 13.1. The first-order valence-corrected chi connectivity index (χ1v) is 8.89. The van der Waals surface area contributed by atoms with E-state index in [0.29, 0.717) is 13.0 Å². The Hall–Kier alpha value is -0.600. The Morgan fingerprint density at radius 3 is 1.95 bits per heavy atom. The van der Waals surface area contributed by atoms with Crippen LogP contribution in [-0.2, 0) is 10.1 Å². The van der Waals surface area contributed by atoms with E-state index in [4.69, 9.17) is 10.3 Å². The highest BCUT2D eigenvalue weighted by molar-refractivity contribution is 7.86. The zero-order chi connectivity index (χ0) is 17.6. The van der Waals surface area contributed by atoms with Gasteiger partial charge in [-0.3, -0.25) is 4.55 Å². The molecule has 0 aromatic rings. The van der Waals surface area contributed by atoms with Gasteiger partial charge in [-0.15, -0.1) is 6.58 Å². The van der Waals surface area contributed by atoms with Crippen LogP contribution in [0.5, 0.6) is 0 Å². The van der Waals surface area contributed by atoms with Crippen molar-refractivity contribution in [3.05, 3.63) is 12.7 Å². The molecule has 0 amide bonds. The van der Waals surface area contributed by atoms with Crippen LogP contribution in [0.1, 0.15) is 58.3 Å². The van der Waals surface area contributed by atoms with Gasteiger partial charge in [-0.25, -0.2) is 4.39 Å². The van der Waals surface area contributed by atoms with Crippen LogP contribution in [0.25, 0.3) is 0 Å². The van der Waals surface area contributed by atoms with Crippen LogP contribution in [0.3, 0.4) is 0 Å². The number of nitrogens with two attached hydrogens (primary N) is 1. The van der Waals surface area contributed by atoms with Gasteiger partial charge < -0.3 is 5.73 Å². The van der Waals surface area contributed by atoms with Gasteiger partial charge in [-0.1, -0.05) is 57.9 Å². The molecule has 0 saturated heterocycles. The van der Waals surface area contributed by atoms with Gasteiger partial charge in [0.2, 0.25) is 0 Å². The molecule has 0 aromatic carbocycles. The molecule has 0 radical (unpaired) electrons. The van der Waals surface area contributed by atoms with Crippen LogP contribution < -0.4 is 5.73 Å². The van der Waals surface area contributed by atoms with Gasteiger partial charge in [0.05, 0.1) is 0 Å². The standard InChI is InChI=1S/C11H21F3O3S.C3H7N/c1-2-3-4-5-6-7-8-9-10(12)11(13,14)18(15,16)17;1-2-3-4/h10H,2-9H2,1H3,(H,15,16,17);2H,1,3-4H2. The molecule has 0 aliphatic heterocycles. The zero-order valence-corrected chi connectivity index (χ0v) is 13.9. The predicted octanol–water partition coefficient (Wildman–Crippen LogP) is 4.08. The highest BCUT2D eigenvalue weighted by Crippen LogP contribution is 2.30. The SMILES string of the molecule is C=CCN.CCCCCCCCCC(F)C(F)(F)S(=O)(=O)O. The third-order valence-electron chi connectivity index (χ3n) is 2.94. The summed E-state index contributed by atoms with van der Waals surface area (Å²) in [5.41, 5.74) is 4.91. The van der Waals surface area contributed by atoms with Crippen molar-refractivity contribution in [2.75, 3.05) is 6.54 Å². The lowest BCUT2D eigenvalue weighted by molar-refractivity contribution is -0.00709. The average molecular weight is 347 g/mol.